The minimum atomic E-state index is -0.613. The van der Waals surface area contributed by atoms with Crippen molar-refractivity contribution >= 4 is 23.2 Å². The van der Waals surface area contributed by atoms with E-state index in [1.165, 1.54) is 0 Å². The summed E-state index contributed by atoms with van der Waals surface area (Å²) in [6.45, 7) is 3.71. The summed E-state index contributed by atoms with van der Waals surface area (Å²) in [5.74, 6) is -0.110. The zero-order valence-corrected chi connectivity index (χ0v) is 12.4. The maximum atomic E-state index is 12.0. The summed E-state index contributed by atoms with van der Waals surface area (Å²) in [5, 5.41) is 13.1. The Kier molecular flexibility index (Phi) is 4.96. The molecule has 1 aromatic rings. The maximum absolute atomic E-state index is 12.0. The van der Waals surface area contributed by atoms with Gasteiger partial charge in [0.05, 0.1) is 17.8 Å². The van der Waals surface area contributed by atoms with Crippen molar-refractivity contribution in [3.63, 3.8) is 0 Å². The molecule has 2 N–H and O–H groups in total. The van der Waals surface area contributed by atoms with E-state index in [2.05, 4.69) is 15.2 Å². The molecule has 0 saturated carbocycles. The summed E-state index contributed by atoms with van der Waals surface area (Å²) >= 11 is 5.90. The predicted molar refractivity (Wildman–Crippen MR) is 78.8 cm³/mol. The summed E-state index contributed by atoms with van der Waals surface area (Å²) in [6.07, 6.45) is 3.94. The molecule has 1 saturated heterocycles. The summed E-state index contributed by atoms with van der Waals surface area (Å²) in [5.41, 5.74) is -0.0845. The predicted octanol–water partition coefficient (Wildman–Crippen LogP) is 1.91. The highest BCUT2D eigenvalue weighted by Crippen LogP contribution is 2.21. The number of hydrogen-bond donors (Lipinski definition) is 2. The van der Waals surface area contributed by atoms with Crippen LogP contribution < -0.4 is 5.32 Å². The van der Waals surface area contributed by atoms with Crippen LogP contribution in [-0.2, 0) is 4.79 Å². The Labute approximate surface area is 123 Å². The number of aromatic nitrogens is 1. The molecule has 1 unspecified atom stereocenters. The van der Waals surface area contributed by atoms with Crippen molar-refractivity contribution in [2.45, 2.75) is 31.8 Å². The SMILES string of the molecule is CC1(O)CCCN(CC(=O)Nc2cccnc2Cl)CC1. The lowest BCUT2D eigenvalue weighted by molar-refractivity contribution is -0.117. The van der Waals surface area contributed by atoms with E-state index in [1.807, 2.05) is 6.92 Å². The zero-order chi connectivity index (χ0) is 14.6. The van der Waals surface area contributed by atoms with Crippen LogP contribution in [-0.4, -0.2) is 46.1 Å². The van der Waals surface area contributed by atoms with E-state index >= 15 is 0 Å². The van der Waals surface area contributed by atoms with Gasteiger partial charge in [0.1, 0.15) is 0 Å². The molecule has 1 atom stereocenters. The Hall–Kier alpha value is -1.17. The van der Waals surface area contributed by atoms with Gasteiger partial charge in [0.2, 0.25) is 5.91 Å². The van der Waals surface area contributed by atoms with Gasteiger partial charge in [-0.2, -0.15) is 0 Å². The van der Waals surface area contributed by atoms with Gasteiger partial charge in [-0.15, -0.1) is 0 Å². The summed E-state index contributed by atoms with van der Waals surface area (Å²) in [6, 6.07) is 3.45. The number of hydrogen-bond acceptors (Lipinski definition) is 4. The lowest BCUT2D eigenvalue weighted by Gasteiger charge is -2.22. The molecule has 0 spiro atoms. The number of nitrogens with zero attached hydrogens (tertiary/aromatic N) is 2. The molecule has 1 aromatic heterocycles. The molecule has 0 aromatic carbocycles. The van der Waals surface area contributed by atoms with E-state index in [4.69, 9.17) is 11.6 Å². The van der Waals surface area contributed by atoms with Gasteiger partial charge in [0.25, 0.3) is 0 Å². The molecule has 20 heavy (non-hydrogen) atoms. The monoisotopic (exact) mass is 297 g/mol. The Morgan fingerprint density at radius 2 is 2.35 bits per heavy atom. The number of carbonyl (C=O) groups excluding carboxylic acids is 1. The van der Waals surface area contributed by atoms with Crippen molar-refractivity contribution in [2.75, 3.05) is 25.0 Å². The van der Waals surface area contributed by atoms with Crippen molar-refractivity contribution in [3.05, 3.63) is 23.5 Å². The summed E-state index contributed by atoms with van der Waals surface area (Å²) in [7, 11) is 0. The van der Waals surface area contributed by atoms with Gasteiger partial charge in [0, 0.05) is 12.7 Å². The smallest absolute Gasteiger partial charge is 0.238 e. The fourth-order valence-electron chi connectivity index (χ4n) is 2.35. The van der Waals surface area contributed by atoms with E-state index in [0.717, 1.165) is 25.9 Å². The van der Waals surface area contributed by atoms with Crippen LogP contribution in [0.5, 0.6) is 0 Å². The van der Waals surface area contributed by atoms with Gasteiger partial charge in [-0.05, 0) is 44.9 Å². The van der Waals surface area contributed by atoms with Crippen molar-refractivity contribution in [3.8, 4) is 0 Å². The average molecular weight is 298 g/mol. The molecule has 110 valence electrons. The van der Waals surface area contributed by atoms with E-state index in [9.17, 15) is 9.90 Å². The first kappa shape index (κ1) is 15.2. The first-order valence-electron chi connectivity index (χ1n) is 6.81. The molecular weight excluding hydrogens is 278 g/mol. The van der Waals surface area contributed by atoms with Crippen LogP contribution in [0, 0.1) is 0 Å². The number of carbonyl (C=O) groups is 1. The van der Waals surface area contributed by atoms with Gasteiger partial charge < -0.3 is 10.4 Å². The van der Waals surface area contributed by atoms with E-state index in [-0.39, 0.29) is 5.91 Å². The van der Waals surface area contributed by atoms with Crippen molar-refractivity contribution in [2.24, 2.45) is 0 Å². The van der Waals surface area contributed by atoms with Gasteiger partial charge in [0.15, 0.2) is 5.15 Å². The summed E-state index contributed by atoms with van der Waals surface area (Å²) in [4.78, 5) is 18.0. The molecule has 0 aliphatic carbocycles. The van der Waals surface area contributed by atoms with Crippen LogP contribution in [0.1, 0.15) is 26.2 Å². The molecule has 1 fully saturated rings. The quantitative estimate of drug-likeness (QED) is 0.837. The lowest BCUT2D eigenvalue weighted by Crippen LogP contribution is -2.35. The minimum absolute atomic E-state index is 0.110. The highest BCUT2D eigenvalue weighted by molar-refractivity contribution is 6.32. The van der Waals surface area contributed by atoms with Gasteiger partial charge in [-0.25, -0.2) is 4.98 Å². The molecule has 0 bridgehead atoms. The van der Waals surface area contributed by atoms with Gasteiger partial charge in [-0.3, -0.25) is 9.69 Å². The molecule has 1 aliphatic heterocycles. The third kappa shape index (κ3) is 4.44. The highest BCUT2D eigenvalue weighted by atomic mass is 35.5. The number of anilines is 1. The van der Waals surface area contributed by atoms with Crippen LogP contribution in [0.25, 0.3) is 0 Å². The van der Waals surface area contributed by atoms with Crippen LogP contribution in [0.2, 0.25) is 5.15 Å². The fraction of sp³-hybridized carbons (Fsp3) is 0.571. The largest absolute Gasteiger partial charge is 0.390 e. The fourth-order valence-corrected chi connectivity index (χ4v) is 2.52. The third-order valence-corrected chi connectivity index (χ3v) is 3.86. The average Bonchev–Trinajstić information content (AvgIpc) is 2.54. The van der Waals surface area contributed by atoms with Crippen molar-refractivity contribution < 1.29 is 9.90 Å². The zero-order valence-electron chi connectivity index (χ0n) is 11.6. The number of nitrogens with one attached hydrogen (secondary N) is 1. The standard InChI is InChI=1S/C14H20ClN3O2/c1-14(20)5-3-8-18(9-6-14)10-12(19)17-11-4-2-7-16-13(11)15/h2,4,7,20H,3,5-6,8-10H2,1H3,(H,17,19). The molecule has 5 nitrogen and oxygen atoms in total. The van der Waals surface area contributed by atoms with Gasteiger partial charge in [-0.1, -0.05) is 11.6 Å². The normalized spacial score (nSPS) is 24.1. The number of amides is 1. The Bertz CT molecular complexity index is 479. The number of likely N-dealkylation sites (tertiary alicyclic amines) is 1. The molecular formula is C14H20ClN3O2. The van der Waals surface area contributed by atoms with Crippen LogP contribution in [0.3, 0.4) is 0 Å². The van der Waals surface area contributed by atoms with Crippen molar-refractivity contribution in [1.82, 2.24) is 9.88 Å². The molecule has 1 amide bonds. The Morgan fingerprint density at radius 1 is 1.55 bits per heavy atom. The van der Waals surface area contributed by atoms with E-state index in [1.54, 1.807) is 18.3 Å². The highest BCUT2D eigenvalue weighted by Gasteiger charge is 2.25. The van der Waals surface area contributed by atoms with E-state index in [0.29, 0.717) is 23.8 Å². The van der Waals surface area contributed by atoms with Crippen LogP contribution in [0.4, 0.5) is 5.69 Å². The molecule has 2 heterocycles. The maximum Gasteiger partial charge on any atom is 0.238 e. The topological polar surface area (TPSA) is 65.5 Å². The number of halogens is 1. The number of pyridine rings is 1. The van der Waals surface area contributed by atoms with Crippen LogP contribution >= 0.6 is 11.6 Å². The third-order valence-electron chi connectivity index (χ3n) is 3.56. The summed E-state index contributed by atoms with van der Waals surface area (Å²) < 4.78 is 0. The second-order valence-electron chi connectivity index (χ2n) is 5.52. The van der Waals surface area contributed by atoms with Crippen LogP contribution in [0.15, 0.2) is 18.3 Å². The van der Waals surface area contributed by atoms with E-state index < -0.39 is 5.60 Å². The first-order chi connectivity index (χ1) is 9.46. The second-order valence-corrected chi connectivity index (χ2v) is 5.87. The number of aliphatic hydroxyl groups is 1. The second kappa shape index (κ2) is 6.52. The molecule has 1 aliphatic rings. The van der Waals surface area contributed by atoms with Crippen molar-refractivity contribution in [1.29, 1.82) is 0 Å². The van der Waals surface area contributed by atoms with Gasteiger partial charge >= 0.3 is 0 Å². The molecule has 2 rings (SSSR count). The minimum Gasteiger partial charge on any atom is -0.390 e. The molecule has 0 radical (unpaired) electrons. The number of rotatable bonds is 3. The Morgan fingerprint density at radius 3 is 3.10 bits per heavy atom. The first-order valence-corrected chi connectivity index (χ1v) is 7.19. The lowest BCUT2D eigenvalue weighted by atomic mass is 9.98. The Balaban J connectivity index is 1.87. The molecule has 6 heteroatoms.